The van der Waals surface area contributed by atoms with Crippen molar-refractivity contribution < 1.29 is 4.74 Å². The average Bonchev–Trinajstić information content (AvgIpc) is 2.38. The minimum Gasteiger partial charge on any atom is -0.496 e. The molecule has 18 heavy (non-hydrogen) atoms. The maximum absolute atomic E-state index is 6.00. The van der Waals surface area contributed by atoms with E-state index in [0.29, 0.717) is 6.54 Å². The Labute approximate surface area is 125 Å². The van der Waals surface area contributed by atoms with Gasteiger partial charge >= 0.3 is 0 Å². The van der Waals surface area contributed by atoms with Crippen LogP contribution in [0.3, 0.4) is 0 Å². The van der Waals surface area contributed by atoms with Crippen LogP contribution in [0.5, 0.6) is 5.75 Å². The molecule has 1 N–H and O–H groups in total. The lowest BCUT2D eigenvalue weighted by Crippen LogP contribution is -2.02. The monoisotopic (exact) mass is 373 g/mol. The summed E-state index contributed by atoms with van der Waals surface area (Å²) in [7, 11) is 1.67. The van der Waals surface area contributed by atoms with Crippen molar-refractivity contribution in [3.63, 3.8) is 0 Å². The molecule has 0 aliphatic carbocycles. The number of hydrogen-bond donors (Lipinski definition) is 1. The fourth-order valence-corrected chi connectivity index (χ4v) is 2.45. The second-order valence-electron chi connectivity index (χ2n) is 3.79. The van der Waals surface area contributed by atoms with E-state index in [1.54, 1.807) is 7.11 Å². The van der Waals surface area contributed by atoms with E-state index < -0.39 is 0 Å². The molecule has 94 valence electrons. The maximum Gasteiger partial charge on any atom is 0.123 e. The molecule has 0 spiro atoms. The quantitative estimate of drug-likeness (QED) is 0.793. The SMILES string of the molecule is COc1ccc(Cl)cc1CNc1ccccc1I. The average molecular weight is 374 g/mol. The van der Waals surface area contributed by atoms with Crippen LogP contribution >= 0.6 is 34.2 Å². The van der Waals surface area contributed by atoms with Crippen LogP contribution in [0.1, 0.15) is 5.56 Å². The third-order valence-electron chi connectivity index (χ3n) is 2.59. The summed E-state index contributed by atoms with van der Waals surface area (Å²) < 4.78 is 6.51. The van der Waals surface area contributed by atoms with E-state index in [4.69, 9.17) is 16.3 Å². The van der Waals surface area contributed by atoms with Crippen molar-refractivity contribution in [1.29, 1.82) is 0 Å². The molecule has 0 aromatic heterocycles. The first-order valence-corrected chi connectivity index (χ1v) is 6.97. The van der Waals surface area contributed by atoms with Gasteiger partial charge in [0.1, 0.15) is 5.75 Å². The minimum absolute atomic E-state index is 0.684. The molecule has 0 unspecified atom stereocenters. The first-order valence-electron chi connectivity index (χ1n) is 5.51. The third-order valence-corrected chi connectivity index (χ3v) is 3.76. The van der Waals surface area contributed by atoms with Crippen molar-refractivity contribution in [2.24, 2.45) is 0 Å². The van der Waals surface area contributed by atoms with Gasteiger partial charge in [0, 0.05) is 26.4 Å². The van der Waals surface area contributed by atoms with Crippen LogP contribution in [0.25, 0.3) is 0 Å². The summed E-state index contributed by atoms with van der Waals surface area (Å²) in [6.07, 6.45) is 0. The first kappa shape index (κ1) is 13.5. The lowest BCUT2D eigenvalue weighted by atomic mass is 10.2. The summed E-state index contributed by atoms with van der Waals surface area (Å²) >= 11 is 8.31. The van der Waals surface area contributed by atoms with Crippen LogP contribution < -0.4 is 10.1 Å². The predicted octanol–water partition coefficient (Wildman–Crippen LogP) is 4.57. The molecule has 0 saturated heterocycles. The van der Waals surface area contributed by atoms with Gasteiger partial charge in [-0.15, -0.1) is 0 Å². The smallest absolute Gasteiger partial charge is 0.123 e. The highest BCUT2D eigenvalue weighted by molar-refractivity contribution is 14.1. The molecule has 0 radical (unpaired) electrons. The topological polar surface area (TPSA) is 21.3 Å². The standard InChI is InChI=1S/C14H13ClINO/c1-18-14-7-6-11(15)8-10(14)9-17-13-5-3-2-4-12(13)16/h2-8,17H,9H2,1H3. The summed E-state index contributed by atoms with van der Waals surface area (Å²) in [5.74, 6) is 0.845. The van der Waals surface area contributed by atoms with Crippen molar-refractivity contribution in [2.75, 3.05) is 12.4 Å². The van der Waals surface area contributed by atoms with Crippen molar-refractivity contribution in [3.05, 3.63) is 56.6 Å². The van der Waals surface area contributed by atoms with E-state index in [1.807, 2.05) is 30.3 Å². The summed E-state index contributed by atoms with van der Waals surface area (Å²) in [5, 5.41) is 4.10. The molecule has 2 aromatic carbocycles. The maximum atomic E-state index is 6.00. The van der Waals surface area contributed by atoms with Crippen molar-refractivity contribution in [1.82, 2.24) is 0 Å². The molecule has 0 aliphatic heterocycles. The van der Waals surface area contributed by atoms with Gasteiger partial charge in [0.25, 0.3) is 0 Å². The Morgan fingerprint density at radius 3 is 2.72 bits per heavy atom. The summed E-state index contributed by atoms with van der Waals surface area (Å²) in [6, 6.07) is 13.8. The number of nitrogens with one attached hydrogen (secondary N) is 1. The Morgan fingerprint density at radius 2 is 2.00 bits per heavy atom. The molecular formula is C14H13ClINO. The molecule has 4 heteroatoms. The Balaban J connectivity index is 2.15. The number of benzene rings is 2. The van der Waals surface area contributed by atoms with Crippen LogP contribution in [0.2, 0.25) is 5.02 Å². The van der Waals surface area contributed by atoms with Gasteiger partial charge in [0.15, 0.2) is 0 Å². The van der Waals surface area contributed by atoms with Gasteiger partial charge in [-0.1, -0.05) is 23.7 Å². The van der Waals surface area contributed by atoms with Gasteiger partial charge in [0.2, 0.25) is 0 Å². The zero-order valence-electron chi connectivity index (χ0n) is 9.91. The van der Waals surface area contributed by atoms with E-state index in [-0.39, 0.29) is 0 Å². The van der Waals surface area contributed by atoms with Gasteiger partial charge in [-0.3, -0.25) is 0 Å². The molecule has 2 rings (SSSR count). The van der Waals surface area contributed by atoms with Gasteiger partial charge in [-0.2, -0.15) is 0 Å². The summed E-state index contributed by atoms with van der Waals surface area (Å²) in [6.45, 7) is 0.684. The summed E-state index contributed by atoms with van der Waals surface area (Å²) in [5.41, 5.74) is 2.16. The van der Waals surface area contributed by atoms with Gasteiger partial charge in [-0.25, -0.2) is 0 Å². The van der Waals surface area contributed by atoms with E-state index >= 15 is 0 Å². The number of hydrogen-bond acceptors (Lipinski definition) is 2. The zero-order valence-corrected chi connectivity index (χ0v) is 12.8. The molecule has 2 aromatic rings. The van der Waals surface area contributed by atoms with Gasteiger partial charge in [0.05, 0.1) is 7.11 Å². The number of halogens is 2. The molecule has 0 heterocycles. The van der Waals surface area contributed by atoms with Crippen LogP contribution in [0.15, 0.2) is 42.5 Å². The highest BCUT2D eigenvalue weighted by Gasteiger charge is 2.04. The second kappa shape index (κ2) is 6.29. The molecule has 0 atom stereocenters. The Bertz CT molecular complexity index is 545. The normalized spacial score (nSPS) is 10.2. The van der Waals surface area contributed by atoms with Crippen LogP contribution in [-0.2, 0) is 6.54 Å². The number of para-hydroxylation sites is 1. The van der Waals surface area contributed by atoms with Gasteiger partial charge in [-0.05, 0) is 52.9 Å². The predicted molar refractivity (Wildman–Crippen MR) is 84.5 cm³/mol. The lowest BCUT2D eigenvalue weighted by molar-refractivity contribution is 0.410. The Kier molecular flexibility index (Phi) is 4.72. The van der Waals surface area contributed by atoms with E-state index in [1.165, 1.54) is 3.57 Å². The van der Waals surface area contributed by atoms with E-state index in [2.05, 4.69) is 40.0 Å². The van der Waals surface area contributed by atoms with Crippen LogP contribution in [0.4, 0.5) is 5.69 Å². The first-order chi connectivity index (χ1) is 8.70. The number of rotatable bonds is 4. The fraction of sp³-hybridized carbons (Fsp3) is 0.143. The highest BCUT2D eigenvalue weighted by atomic mass is 127. The lowest BCUT2D eigenvalue weighted by Gasteiger charge is -2.12. The largest absolute Gasteiger partial charge is 0.496 e. The molecule has 0 bridgehead atoms. The van der Waals surface area contributed by atoms with E-state index in [0.717, 1.165) is 22.0 Å². The van der Waals surface area contributed by atoms with Crippen molar-refractivity contribution in [3.8, 4) is 5.75 Å². The van der Waals surface area contributed by atoms with Gasteiger partial charge < -0.3 is 10.1 Å². The molecule has 0 aliphatic rings. The third kappa shape index (κ3) is 3.29. The molecular weight excluding hydrogens is 361 g/mol. The molecule has 0 fully saturated rings. The summed E-state index contributed by atoms with van der Waals surface area (Å²) in [4.78, 5) is 0. The van der Waals surface area contributed by atoms with Crippen molar-refractivity contribution >= 4 is 39.9 Å². The Hall–Kier alpha value is -0.940. The Morgan fingerprint density at radius 1 is 1.22 bits per heavy atom. The van der Waals surface area contributed by atoms with Crippen LogP contribution in [0, 0.1) is 3.57 Å². The zero-order chi connectivity index (χ0) is 13.0. The molecule has 0 saturated carbocycles. The van der Waals surface area contributed by atoms with Crippen LogP contribution in [-0.4, -0.2) is 7.11 Å². The minimum atomic E-state index is 0.684. The number of anilines is 1. The highest BCUT2D eigenvalue weighted by Crippen LogP contribution is 2.24. The number of ether oxygens (including phenoxy) is 1. The fourth-order valence-electron chi connectivity index (χ4n) is 1.68. The number of methoxy groups -OCH3 is 1. The second-order valence-corrected chi connectivity index (χ2v) is 5.39. The molecule has 0 amide bonds. The molecule has 2 nitrogen and oxygen atoms in total. The van der Waals surface area contributed by atoms with Crippen molar-refractivity contribution in [2.45, 2.75) is 6.54 Å². The van der Waals surface area contributed by atoms with E-state index in [9.17, 15) is 0 Å².